The molecule has 6 aromatic heterocycles. The number of anilines is 3. The number of imidazole rings is 3. The molecule has 0 radical (unpaired) electrons. The number of aromatic amines is 2. The summed E-state index contributed by atoms with van der Waals surface area (Å²) in [7, 11) is -17.6. The van der Waals surface area contributed by atoms with Crippen molar-refractivity contribution >= 4 is 93.2 Å². The van der Waals surface area contributed by atoms with Gasteiger partial charge in [0.05, 0.1) is 52.2 Å². The normalized spacial score (nSPS) is 31.3. The minimum absolute atomic E-state index is 0.0353. The van der Waals surface area contributed by atoms with E-state index in [0.29, 0.717) is 0 Å². The van der Waals surface area contributed by atoms with Gasteiger partial charge in [0.15, 0.2) is 41.4 Å². The Hall–Kier alpha value is -4.73. The highest BCUT2D eigenvalue weighted by Crippen LogP contribution is 2.64. The number of hydrogen-bond acceptors (Lipinski definition) is 33. The number of phosphoric acid groups is 3. The molecular weight excluding hydrogens is 1150 g/mol. The number of aryl methyl sites for hydroxylation is 1. The number of H-pyrrole nitrogens is 2. The van der Waals surface area contributed by atoms with Gasteiger partial charge in [-0.15, -0.1) is 0 Å². The zero-order valence-electron chi connectivity index (χ0n) is 40.0. The smallest absolute Gasteiger partial charge is 0.313 e. The minimum Gasteiger partial charge on any atom is -0.780 e. The predicted octanol–water partition coefficient (Wildman–Crippen LogP) is -5.94. The van der Waals surface area contributed by atoms with Crippen LogP contribution in [0.2, 0.25) is 0 Å². The number of ether oxygens (including phenoxy) is 5. The standard InChI is InChI=1S/C35H47N15O23P4S/c1-12(2)67-21-14(69-31(20(21)53)49-10-42-16-26(49)43-33(37)45-28(16)54)5-65-77(62,78)71-23-22-32(48-9-41-15-24(36)39-8-40-25(15)48)70-35(23,6-63-22)7-66-75(58,59)73-76(60,61)72-74(56,57)64-4-13-18(51)19(52)30(68-13)50-11-47(3)17-27(50)44-34(38)46-29(17)55/h8-14,18-23,30-32,51-53H,4-7H2,1-3H3,(H11-,36,37,38,39,40,43,44,45,46,54,55,56,57,58,59,60,61,62,78)/p-3/t13-,14-,18+,19?,20?,21+,22?,23-,30-,31-,32-,35-,77?/m1/s1. The average Bonchev–Trinajstić information content (AvgIpc) is 4.29. The second-order valence-corrected chi connectivity index (χ2v) is 25.3. The van der Waals surface area contributed by atoms with Gasteiger partial charge in [0.2, 0.25) is 17.7 Å². The van der Waals surface area contributed by atoms with E-state index in [2.05, 4.69) is 53.0 Å². The fourth-order valence-corrected chi connectivity index (χ4v) is 14.0. The maximum Gasteiger partial charge on any atom is 0.313 e. The van der Waals surface area contributed by atoms with E-state index in [1.165, 1.54) is 39.7 Å². The van der Waals surface area contributed by atoms with Gasteiger partial charge in [0, 0.05) is 0 Å². The predicted molar refractivity (Wildman–Crippen MR) is 249 cm³/mol. The fourth-order valence-electron chi connectivity index (χ4n) is 9.17. The first-order chi connectivity index (χ1) is 36.6. The van der Waals surface area contributed by atoms with E-state index in [4.69, 9.17) is 66.3 Å². The summed E-state index contributed by atoms with van der Waals surface area (Å²) in [6.07, 6.45) is -12.8. The van der Waals surface area contributed by atoms with E-state index >= 15 is 0 Å². The molecule has 4 aliphatic rings. The van der Waals surface area contributed by atoms with Crippen LogP contribution in [-0.4, -0.2) is 156 Å². The molecule has 6 aromatic rings. The lowest BCUT2D eigenvalue weighted by molar-refractivity contribution is -0.745. The summed E-state index contributed by atoms with van der Waals surface area (Å²) in [6.45, 7) is -5.47. The van der Waals surface area contributed by atoms with Crippen LogP contribution < -0.4 is 52.5 Å². The zero-order chi connectivity index (χ0) is 56.2. The maximum absolute atomic E-state index is 14.2. The van der Waals surface area contributed by atoms with Crippen LogP contribution >= 0.6 is 30.2 Å². The number of hydrogen-bond donors (Lipinski definition) is 8. The summed E-state index contributed by atoms with van der Waals surface area (Å²) in [5, 5.41) is 32.9. The molecule has 38 nitrogen and oxygen atoms in total. The third kappa shape index (κ3) is 10.8. The van der Waals surface area contributed by atoms with Gasteiger partial charge in [-0.2, -0.15) is 4.98 Å². The van der Waals surface area contributed by atoms with Crippen molar-refractivity contribution in [1.82, 2.24) is 53.6 Å². The number of rotatable bonds is 20. The number of nitrogens with zero attached hydrogens (tertiary/aromatic N) is 10. The summed E-state index contributed by atoms with van der Waals surface area (Å²) < 4.78 is 103. The summed E-state index contributed by atoms with van der Waals surface area (Å²) in [6, 6.07) is 0. The molecule has 4 fully saturated rings. The highest BCUT2D eigenvalue weighted by Gasteiger charge is 2.64. The van der Waals surface area contributed by atoms with E-state index in [1.807, 2.05) is 0 Å². The van der Waals surface area contributed by atoms with Gasteiger partial charge in [0.1, 0.15) is 73.0 Å². The number of aromatic nitrogens is 12. The SMILES string of the molecule is CC(C)O[C@@H]1C(O)[C@H](n2cnc3c(=O)[nH]c(N)nc32)O[C@@H]1COP([O-])(=S)O[C@@H]1C2OC[C@]1(COP(=O)([O-])OP(=O)([O-])OP(=O)([O-])OC[C@H]1O[C@@H]([n+]3cn(C)c4c(=O)[nH]c(N)nc43)C(O)[C@H]1O)O[C@H]2n1cnc2c(N)ncnc21. The fraction of sp³-hybridized carbons (Fsp3) is 0.571. The number of nitrogens with one attached hydrogen (secondary N) is 2. The molecule has 78 heavy (non-hydrogen) atoms. The van der Waals surface area contributed by atoms with Crippen molar-refractivity contribution in [3.63, 3.8) is 0 Å². The van der Waals surface area contributed by atoms with Gasteiger partial charge in [-0.3, -0.25) is 47.0 Å². The number of aliphatic hydroxyl groups is 3. The topological polar surface area (TPSA) is 545 Å². The van der Waals surface area contributed by atoms with Gasteiger partial charge in [-0.05, 0) is 13.8 Å². The monoisotopic (exact) mass is 1200 g/mol. The first-order valence-electron chi connectivity index (χ1n) is 22.6. The lowest BCUT2D eigenvalue weighted by atomic mass is 10.0. The summed E-state index contributed by atoms with van der Waals surface area (Å²) in [4.78, 5) is 107. The van der Waals surface area contributed by atoms with Crippen LogP contribution in [0.25, 0.3) is 33.5 Å². The Kier molecular flexibility index (Phi) is 15.0. The molecular formula is C35H44N15O23P4S-3. The number of nitrogens with two attached hydrogens (primary N) is 3. The number of fused-ring (bicyclic) bond motifs is 5. The van der Waals surface area contributed by atoms with Crippen molar-refractivity contribution < 1.29 is 104 Å². The molecule has 16 atom stereocenters. The Morgan fingerprint density at radius 1 is 0.833 bits per heavy atom. The van der Waals surface area contributed by atoms with E-state index < -0.39 is 147 Å². The Bertz CT molecular complexity index is 3620. The Labute approximate surface area is 438 Å². The molecule has 0 spiro atoms. The van der Waals surface area contributed by atoms with Crippen molar-refractivity contribution in [2.45, 2.75) is 93.1 Å². The van der Waals surface area contributed by atoms with Gasteiger partial charge < -0.3 is 93.9 Å². The van der Waals surface area contributed by atoms with E-state index in [0.717, 1.165) is 10.9 Å². The molecule has 43 heteroatoms. The minimum atomic E-state index is -6.56. The average molecular weight is 1200 g/mol. The van der Waals surface area contributed by atoms with Crippen molar-refractivity contribution in [2.75, 3.05) is 43.6 Å². The van der Waals surface area contributed by atoms with Crippen LogP contribution in [0.4, 0.5) is 17.7 Å². The Balaban J connectivity index is 0.823. The summed E-state index contributed by atoms with van der Waals surface area (Å²) in [5.41, 5.74) is 13.6. The summed E-state index contributed by atoms with van der Waals surface area (Å²) in [5.74, 6) is -0.649. The van der Waals surface area contributed by atoms with Gasteiger partial charge in [-0.1, -0.05) is 16.8 Å². The zero-order valence-corrected chi connectivity index (χ0v) is 44.4. The third-order valence-corrected chi connectivity index (χ3v) is 18.0. The van der Waals surface area contributed by atoms with Crippen LogP contribution in [0.3, 0.4) is 0 Å². The van der Waals surface area contributed by atoms with E-state index in [9.17, 15) is 58.2 Å². The van der Waals surface area contributed by atoms with E-state index in [-0.39, 0.29) is 51.2 Å². The van der Waals surface area contributed by atoms with Crippen LogP contribution in [0.5, 0.6) is 0 Å². The second-order valence-electron chi connectivity index (χ2n) is 18.1. The number of phosphoric ester groups is 2. The first-order valence-corrected chi connectivity index (χ1v) is 29.5. The molecule has 10 rings (SSSR count). The maximum atomic E-state index is 14.2. The van der Waals surface area contributed by atoms with Gasteiger partial charge >= 0.3 is 5.65 Å². The molecule has 426 valence electrons. The first kappa shape index (κ1) is 56.5. The number of aliphatic hydroxyl groups excluding tert-OH is 3. The van der Waals surface area contributed by atoms with Crippen molar-refractivity contribution in [3.8, 4) is 0 Å². The highest BCUT2D eigenvalue weighted by molar-refractivity contribution is 8.06. The van der Waals surface area contributed by atoms with E-state index in [1.54, 1.807) is 13.8 Å². The molecule has 4 saturated heterocycles. The quantitative estimate of drug-likeness (QED) is 0.0261. The lowest BCUT2D eigenvalue weighted by Gasteiger charge is -2.38. The van der Waals surface area contributed by atoms with Crippen LogP contribution in [0.1, 0.15) is 32.5 Å². The molecule has 10 heterocycles. The molecule has 0 aliphatic carbocycles. The van der Waals surface area contributed by atoms with Crippen LogP contribution in [0, 0.1) is 0 Å². The van der Waals surface area contributed by atoms with Crippen molar-refractivity contribution in [2.24, 2.45) is 7.05 Å². The second kappa shape index (κ2) is 20.7. The Morgan fingerprint density at radius 2 is 1.49 bits per heavy atom. The molecule has 0 saturated carbocycles. The molecule has 0 aromatic carbocycles. The lowest BCUT2D eigenvalue weighted by Crippen LogP contribution is -2.46. The van der Waals surface area contributed by atoms with Crippen LogP contribution in [0.15, 0.2) is 34.9 Å². The molecule has 7 unspecified atom stereocenters. The van der Waals surface area contributed by atoms with Crippen molar-refractivity contribution in [1.29, 1.82) is 0 Å². The van der Waals surface area contributed by atoms with Crippen LogP contribution in [-0.2, 0) is 83.0 Å². The van der Waals surface area contributed by atoms with Gasteiger partial charge in [0.25, 0.3) is 40.5 Å². The van der Waals surface area contributed by atoms with Crippen molar-refractivity contribution in [3.05, 3.63) is 46.0 Å². The molecule has 0 amide bonds. The number of nitrogen functional groups attached to an aromatic ring is 3. The molecule has 2 bridgehead atoms. The third-order valence-electron chi connectivity index (χ3n) is 12.4. The Morgan fingerprint density at radius 3 is 2.21 bits per heavy atom. The summed E-state index contributed by atoms with van der Waals surface area (Å²) >= 11 is 5.30. The highest BCUT2D eigenvalue weighted by atomic mass is 32.5. The molecule has 4 aliphatic heterocycles. The molecule has 11 N–H and O–H groups in total. The van der Waals surface area contributed by atoms with Gasteiger partial charge in [-0.25, -0.2) is 33.1 Å². The largest absolute Gasteiger partial charge is 0.780 e.